The van der Waals surface area contributed by atoms with E-state index < -0.39 is 0 Å². The molecule has 0 saturated carbocycles. The Balaban J connectivity index is 1.51. The van der Waals surface area contributed by atoms with E-state index in [1.807, 2.05) is 22.9 Å². The smallest absolute Gasteiger partial charge is 0.320 e. The van der Waals surface area contributed by atoms with E-state index in [0.717, 1.165) is 38.4 Å². The van der Waals surface area contributed by atoms with Crippen molar-refractivity contribution in [3.8, 4) is 0 Å². The van der Waals surface area contributed by atoms with Gasteiger partial charge in [0.1, 0.15) is 5.82 Å². The summed E-state index contributed by atoms with van der Waals surface area (Å²) in [7, 11) is 0. The molecule has 2 amide bonds. The van der Waals surface area contributed by atoms with Crippen molar-refractivity contribution in [1.82, 2.24) is 20.0 Å². The normalized spacial score (nSPS) is 16.4. The van der Waals surface area contributed by atoms with Crippen molar-refractivity contribution in [2.75, 3.05) is 44.7 Å². The van der Waals surface area contributed by atoms with E-state index in [1.165, 1.54) is 0 Å². The average Bonchev–Trinajstić information content (AvgIpc) is 3.10. The molecule has 25 heavy (non-hydrogen) atoms. The van der Waals surface area contributed by atoms with Gasteiger partial charge in [0.15, 0.2) is 0 Å². The maximum Gasteiger partial charge on any atom is 0.320 e. The molecule has 7 heteroatoms. The summed E-state index contributed by atoms with van der Waals surface area (Å²) in [6, 6.07) is 11.7. The zero-order valence-electron chi connectivity index (χ0n) is 14.5. The standard InChI is InChI=1S/C18H25N5O2/c1-15(16-5-3-2-4-6-16)23-17(7-8-20-23)21-18(24)19-9-10-22-11-13-25-14-12-22/h2-8,15H,9-14H2,1H3,(H2,19,21,24). The van der Waals surface area contributed by atoms with E-state index in [0.29, 0.717) is 12.4 Å². The lowest BCUT2D eigenvalue weighted by molar-refractivity contribution is 0.0388. The molecule has 0 aliphatic carbocycles. The van der Waals surface area contributed by atoms with E-state index >= 15 is 0 Å². The van der Waals surface area contributed by atoms with Crippen LogP contribution in [0, 0.1) is 0 Å². The van der Waals surface area contributed by atoms with E-state index in [-0.39, 0.29) is 12.1 Å². The molecule has 1 atom stereocenters. The van der Waals surface area contributed by atoms with Gasteiger partial charge in [-0.2, -0.15) is 5.10 Å². The Kier molecular flexibility index (Phi) is 6.03. The van der Waals surface area contributed by atoms with Crippen LogP contribution >= 0.6 is 0 Å². The predicted molar refractivity (Wildman–Crippen MR) is 96.8 cm³/mol. The Morgan fingerprint density at radius 3 is 2.76 bits per heavy atom. The Morgan fingerprint density at radius 1 is 1.24 bits per heavy atom. The Morgan fingerprint density at radius 2 is 2.00 bits per heavy atom. The molecule has 1 aliphatic rings. The minimum Gasteiger partial charge on any atom is -0.379 e. The van der Waals surface area contributed by atoms with Crippen molar-refractivity contribution in [2.45, 2.75) is 13.0 Å². The number of hydrogen-bond donors (Lipinski definition) is 2. The summed E-state index contributed by atoms with van der Waals surface area (Å²) in [4.78, 5) is 14.4. The highest BCUT2D eigenvalue weighted by molar-refractivity contribution is 5.88. The fourth-order valence-electron chi connectivity index (χ4n) is 2.91. The number of morpholine rings is 1. The molecule has 1 aliphatic heterocycles. The van der Waals surface area contributed by atoms with Gasteiger partial charge < -0.3 is 10.1 Å². The molecule has 7 nitrogen and oxygen atoms in total. The zero-order chi connectivity index (χ0) is 17.5. The van der Waals surface area contributed by atoms with Crippen LogP contribution in [-0.4, -0.2) is 60.1 Å². The first-order chi connectivity index (χ1) is 12.2. The summed E-state index contributed by atoms with van der Waals surface area (Å²) in [6.07, 6.45) is 1.70. The summed E-state index contributed by atoms with van der Waals surface area (Å²) in [6.45, 7) is 6.87. The first-order valence-electron chi connectivity index (χ1n) is 8.67. The van der Waals surface area contributed by atoms with Gasteiger partial charge in [-0.15, -0.1) is 0 Å². The molecular weight excluding hydrogens is 318 g/mol. The number of aromatic nitrogens is 2. The predicted octanol–water partition coefficient (Wildman–Crippen LogP) is 1.95. The Labute approximate surface area is 148 Å². The lowest BCUT2D eigenvalue weighted by Gasteiger charge is -2.26. The van der Waals surface area contributed by atoms with Crippen LogP contribution in [0.5, 0.6) is 0 Å². The third-order valence-electron chi connectivity index (χ3n) is 4.38. The van der Waals surface area contributed by atoms with Crippen molar-refractivity contribution in [1.29, 1.82) is 0 Å². The number of carbonyl (C=O) groups is 1. The van der Waals surface area contributed by atoms with Gasteiger partial charge in [-0.3, -0.25) is 10.2 Å². The number of ether oxygens (including phenoxy) is 1. The van der Waals surface area contributed by atoms with Crippen molar-refractivity contribution in [3.05, 3.63) is 48.2 Å². The second kappa shape index (κ2) is 8.64. The largest absolute Gasteiger partial charge is 0.379 e. The molecule has 2 heterocycles. The number of urea groups is 1. The molecule has 0 bridgehead atoms. The number of carbonyl (C=O) groups excluding carboxylic acids is 1. The fraction of sp³-hybridized carbons (Fsp3) is 0.444. The summed E-state index contributed by atoms with van der Waals surface area (Å²) in [5, 5.41) is 10.1. The lowest BCUT2D eigenvalue weighted by Crippen LogP contribution is -2.42. The van der Waals surface area contributed by atoms with Crippen LogP contribution in [0.25, 0.3) is 0 Å². The summed E-state index contributed by atoms with van der Waals surface area (Å²) in [5.74, 6) is 0.681. The van der Waals surface area contributed by atoms with E-state index in [1.54, 1.807) is 12.3 Å². The van der Waals surface area contributed by atoms with Gasteiger partial charge in [-0.25, -0.2) is 9.48 Å². The molecule has 1 aromatic carbocycles. The zero-order valence-corrected chi connectivity index (χ0v) is 14.5. The van der Waals surface area contributed by atoms with E-state index in [2.05, 4.69) is 39.7 Å². The van der Waals surface area contributed by atoms with Crippen LogP contribution in [0.1, 0.15) is 18.5 Å². The third-order valence-corrected chi connectivity index (χ3v) is 4.38. The highest BCUT2D eigenvalue weighted by Gasteiger charge is 2.14. The topological polar surface area (TPSA) is 71.4 Å². The molecular formula is C18H25N5O2. The molecule has 2 N–H and O–H groups in total. The molecule has 1 saturated heterocycles. The van der Waals surface area contributed by atoms with E-state index in [4.69, 9.17) is 4.74 Å². The number of amides is 2. The molecule has 0 spiro atoms. The molecule has 2 aromatic rings. The minimum absolute atomic E-state index is 0.0415. The van der Waals surface area contributed by atoms with Crippen LogP contribution in [0.3, 0.4) is 0 Å². The number of hydrogen-bond acceptors (Lipinski definition) is 4. The Bertz CT molecular complexity index is 667. The summed E-state index contributed by atoms with van der Waals surface area (Å²) in [5.41, 5.74) is 1.14. The number of rotatable bonds is 6. The van der Waals surface area contributed by atoms with Crippen molar-refractivity contribution in [3.63, 3.8) is 0 Å². The number of anilines is 1. The summed E-state index contributed by atoms with van der Waals surface area (Å²) >= 11 is 0. The molecule has 1 fully saturated rings. The van der Waals surface area contributed by atoms with E-state index in [9.17, 15) is 4.79 Å². The average molecular weight is 343 g/mol. The quantitative estimate of drug-likeness (QED) is 0.841. The van der Waals surface area contributed by atoms with Crippen LogP contribution in [0.4, 0.5) is 10.6 Å². The fourth-order valence-corrected chi connectivity index (χ4v) is 2.91. The van der Waals surface area contributed by atoms with Gasteiger partial charge in [0, 0.05) is 32.2 Å². The van der Waals surface area contributed by atoms with Gasteiger partial charge in [-0.05, 0) is 12.5 Å². The second-order valence-electron chi connectivity index (χ2n) is 6.08. The highest BCUT2D eigenvalue weighted by atomic mass is 16.5. The maximum atomic E-state index is 12.2. The second-order valence-corrected chi connectivity index (χ2v) is 6.08. The molecule has 1 unspecified atom stereocenters. The molecule has 0 radical (unpaired) electrons. The number of nitrogens with zero attached hydrogens (tertiary/aromatic N) is 3. The van der Waals surface area contributed by atoms with Gasteiger partial charge in [0.2, 0.25) is 0 Å². The van der Waals surface area contributed by atoms with Crippen LogP contribution in [0.15, 0.2) is 42.6 Å². The minimum atomic E-state index is -0.213. The first kappa shape index (κ1) is 17.4. The Hall–Kier alpha value is -2.38. The van der Waals surface area contributed by atoms with Crippen molar-refractivity contribution < 1.29 is 9.53 Å². The van der Waals surface area contributed by atoms with Gasteiger partial charge in [-0.1, -0.05) is 30.3 Å². The van der Waals surface area contributed by atoms with Gasteiger partial charge >= 0.3 is 6.03 Å². The van der Waals surface area contributed by atoms with Crippen LogP contribution in [0.2, 0.25) is 0 Å². The highest BCUT2D eigenvalue weighted by Crippen LogP contribution is 2.21. The van der Waals surface area contributed by atoms with Crippen molar-refractivity contribution in [2.24, 2.45) is 0 Å². The molecule has 134 valence electrons. The summed E-state index contributed by atoms with van der Waals surface area (Å²) < 4.78 is 7.13. The monoisotopic (exact) mass is 343 g/mol. The number of benzene rings is 1. The molecule has 1 aromatic heterocycles. The lowest BCUT2D eigenvalue weighted by atomic mass is 10.1. The van der Waals surface area contributed by atoms with Crippen LogP contribution in [-0.2, 0) is 4.74 Å². The maximum absolute atomic E-state index is 12.2. The van der Waals surface area contributed by atoms with Gasteiger partial charge in [0.25, 0.3) is 0 Å². The van der Waals surface area contributed by atoms with Crippen LogP contribution < -0.4 is 10.6 Å². The van der Waals surface area contributed by atoms with Gasteiger partial charge in [0.05, 0.1) is 25.5 Å². The first-order valence-corrected chi connectivity index (χ1v) is 8.67. The third kappa shape index (κ3) is 4.80. The molecule has 3 rings (SSSR count). The number of nitrogens with one attached hydrogen (secondary N) is 2. The van der Waals surface area contributed by atoms with Crippen molar-refractivity contribution >= 4 is 11.8 Å². The SMILES string of the molecule is CC(c1ccccc1)n1nccc1NC(=O)NCCN1CCOCC1.